The maximum Gasteiger partial charge on any atom is 0.254 e. The molecule has 0 unspecified atom stereocenters. The van der Waals surface area contributed by atoms with Crippen molar-refractivity contribution in [2.24, 2.45) is 5.73 Å². The average molecular weight is 209 g/mol. The summed E-state index contributed by atoms with van der Waals surface area (Å²) in [5.74, 6) is -2.03. The second kappa shape index (κ2) is 3.25. The van der Waals surface area contributed by atoms with Crippen LogP contribution >= 0.6 is 23.2 Å². The highest BCUT2D eigenvalue weighted by atomic mass is 35.5. The van der Waals surface area contributed by atoms with Gasteiger partial charge in [0.2, 0.25) is 5.95 Å². The fourth-order valence-corrected chi connectivity index (χ4v) is 1.19. The lowest BCUT2D eigenvalue weighted by atomic mass is 10.2. The molecule has 0 bridgehead atoms. The predicted octanol–water partition coefficient (Wildman–Crippen LogP) is 1.63. The van der Waals surface area contributed by atoms with Crippen LogP contribution in [0.2, 0.25) is 10.2 Å². The number of halogens is 3. The Hall–Kier alpha value is -0.870. The molecule has 0 aliphatic heterocycles. The lowest BCUT2D eigenvalue weighted by Crippen LogP contribution is -2.14. The molecule has 1 aromatic heterocycles. The quantitative estimate of drug-likeness (QED) is 0.714. The monoisotopic (exact) mass is 208 g/mol. The zero-order valence-electron chi connectivity index (χ0n) is 5.64. The fraction of sp³-hybridized carbons (Fsp3) is 0. The Bertz CT molecular complexity index is 319. The van der Waals surface area contributed by atoms with Crippen LogP contribution in [0.25, 0.3) is 0 Å². The third-order valence-electron chi connectivity index (χ3n) is 1.14. The highest BCUT2D eigenvalue weighted by molar-refractivity contribution is 6.36. The number of hydrogen-bond acceptors (Lipinski definition) is 2. The van der Waals surface area contributed by atoms with Crippen molar-refractivity contribution in [2.45, 2.75) is 0 Å². The summed E-state index contributed by atoms with van der Waals surface area (Å²) in [6, 6.07) is 1.15. The molecule has 1 aromatic rings. The van der Waals surface area contributed by atoms with Crippen LogP contribution < -0.4 is 5.73 Å². The summed E-state index contributed by atoms with van der Waals surface area (Å²) in [5.41, 5.74) is 4.38. The number of amides is 1. The summed E-state index contributed by atoms with van der Waals surface area (Å²) >= 11 is 10.8. The van der Waals surface area contributed by atoms with Gasteiger partial charge in [-0.15, -0.1) is 0 Å². The van der Waals surface area contributed by atoms with Crippen LogP contribution in [0.15, 0.2) is 6.07 Å². The first-order valence-corrected chi connectivity index (χ1v) is 3.59. The molecular weight excluding hydrogens is 206 g/mol. The predicted molar refractivity (Wildman–Crippen MR) is 42.7 cm³/mol. The summed E-state index contributed by atoms with van der Waals surface area (Å²) in [7, 11) is 0. The summed E-state index contributed by atoms with van der Waals surface area (Å²) in [5, 5.41) is -0.262. The van der Waals surface area contributed by atoms with E-state index in [0.717, 1.165) is 6.07 Å². The number of hydrogen-bond donors (Lipinski definition) is 1. The van der Waals surface area contributed by atoms with Gasteiger partial charge in [0.1, 0.15) is 10.7 Å². The van der Waals surface area contributed by atoms with Crippen molar-refractivity contribution in [1.82, 2.24) is 4.98 Å². The first kappa shape index (κ1) is 9.22. The zero-order chi connectivity index (χ0) is 9.30. The molecule has 0 atom stereocenters. The van der Waals surface area contributed by atoms with E-state index in [4.69, 9.17) is 28.9 Å². The van der Waals surface area contributed by atoms with Gasteiger partial charge < -0.3 is 5.73 Å². The molecule has 0 radical (unpaired) electrons. The lowest BCUT2D eigenvalue weighted by Gasteiger charge is -2.00. The largest absolute Gasteiger partial charge is 0.365 e. The summed E-state index contributed by atoms with van der Waals surface area (Å²) in [6.07, 6.45) is 0. The van der Waals surface area contributed by atoms with Crippen molar-refractivity contribution in [3.8, 4) is 0 Å². The summed E-state index contributed by atoms with van der Waals surface area (Å²) in [6.45, 7) is 0. The maximum atomic E-state index is 12.8. The third-order valence-corrected chi connectivity index (χ3v) is 1.63. The molecule has 12 heavy (non-hydrogen) atoms. The van der Waals surface area contributed by atoms with E-state index in [9.17, 15) is 9.18 Å². The minimum atomic E-state index is -1.06. The number of nitrogens with zero attached hydrogens (tertiary/aromatic N) is 1. The van der Waals surface area contributed by atoms with Crippen LogP contribution in [0.4, 0.5) is 4.39 Å². The number of nitrogens with two attached hydrogens (primary N) is 1. The Kier molecular flexibility index (Phi) is 2.49. The third kappa shape index (κ3) is 1.65. The summed E-state index contributed by atoms with van der Waals surface area (Å²) < 4.78 is 12.8. The normalized spacial score (nSPS) is 9.92. The lowest BCUT2D eigenvalue weighted by molar-refractivity contribution is 0.0996. The van der Waals surface area contributed by atoms with E-state index in [2.05, 4.69) is 4.98 Å². The standard InChI is InChI=1S/C6H3Cl2FN2O/c7-2-1-3(8)11-5(9)4(2)6(10)12/h1H,(H2,10,12). The maximum absolute atomic E-state index is 12.8. The number of carbonyl (C=O) groups excluding carboxylic acids is 1. The molecule has 0 aromatic carbocycles. The van der Waals surface area contributed by atoms with E-state index >= 15 is 0 Å². The molecule has 0 aliphatic rings. The van der Waals surface area contributed by atoms with Gasteiger partial charge in [0.25, 0.3) is 5.91 Å². The van der Waals surface area contributed by atoms with Crippen molar-refractivity contribution < 1.29 is 9.18 Å². The molecular formula is C6H3Cl2FN2O. The highest BCUT2D eigenvalue weighted by Gasteiger charge is 2.15. The molecule has 0 saturated heterocycles. The molecule has 1 amide bonds. The SMILES string of the molecule is NC(=O)c1c(Cl)cc(Cl)nc1F. The zero-order valence-corrected chi connectivity index (χ0v) is 7.16. The van der Waals surface area contributed by atoms with E-state index in [1.54, 1.807) is 0 Å². The van der Waals surface area contributed by atoms with Crippen LogP contribution in [-0.4, -0.2) is 10.9 Å². The molecule has 64 valence electrons. The van der Waals surface area contributed by atoms with Gasteiger partial charge in [-0.25, -0.2) is 4.98 Å². The van der Waals surface area contributed by atoms with Crippen molar-refractivity contribution in [3.05, 3.63) is 27.8 Å². The Labute approximate surface area is 77.3 Å². The first-order chi connectivity index (χ1) is 5.52. The molecule has 6 heteroatoms. The molecule has 0 saturated carbocycles. The van der Waals surface area contributed by atoms with Crippen LogP contribution in [-0.2, 0) is 0 Å². The topological polar surface area (TPSA) is 56.0 Å². The van der Waals surface area contributed by atoms with Gasteiger partial charge in [-0.3, -0.25) is 4.79 Å². The van der Waals surface area contributed by atoms with Gasteiger partial charge in [-0.1, -0.05) is 23.2 Å². The number of aromatic nitrogens is 1. The number of rotatable bonds is 1. The van der Waals surface area contributed by atoms with E-state index in [-0.39, 0.29) is 10.2 Å². The van der Waals surface area contributed by atoms with Crippen molar-refractivity contribution >= 4 is 29.1 Å². The van der Waals surface area contributed by atoms with Gasteiger partial charge in [-0.05, 0) is 6.07 Å². The second-order valence-electron chi connectivity index (χ2n) is 1.96. The Morgan fingerprint density at radius 3 is 2.58 bits per heavy atom. The van der Waals surface area contributed by atoms with Crippen molar-refractivity contribution in [3.63, 3.8) is 0 Å². The van der Waals surface area contributed by atoms with E-state index < -0.39 is 17.4 Å². The van der Waals surface area contributed by atoms with Gasteiger partial charge in [0, 0.05) is 0 Å². The summed E-state index contributed by atoms with van der Waals surface area (Å²) in [4.78, 5) is 13.7. The first-order valence-electron chi connectivity index (χ1n) is 2.83. The van der Waals surface area contributed by atoms with Gasteiger partial charge in [0.05, 0.1) is 5.02 Å². The molecule has 0 spiro atoms. The van der Waals surface area contributed by atoms with Crippen molar-refractivity contribution in [1.29, 1.82) is 0 Å². The van der Waals surface area contributed by atoms with Crippen LogP contribution in [0.5, 0.6) is 0 Å². The molecule has 3 nitrogen and oxygen atoms in total. The van der Waals surface area contributed by atoms with Crippen LogP contribution in [0.3, 0.4) is 0 Å². The van der Waals surface area contributed by atoms with E-state index in [1.807, 2.05) is 0 Å². The van der Waals surface area contributed by atoms with Crippen molar-refractivity contribution in [2.75, 3.05) is 0 Å². The van der Waals surface area contributed by atoms with Crippen LogP contribution in [0.1, 0.15) is 10.4 Å². The molecule has 0 fully saturated rings. The average Bonchev–Trinajstić information content (AvgIpc) is 1.82. The number of primary amides is 1. The Morgan fingerprint density at radius 1 is 1.58 bits per heavy atom. The Morgan fingerprint density at radius 2 is 2.17 bits per heavy atom. The molecule has 2 N–H and O–H groups in total. The van der Waals surface area contributed by atoms with Gasteiger partial charge in [0.15, 0.2) is 0 Å². The second-order valence-corrected chi connectivity index (χ2v) is 2.75. The molecule has 0 aliphatic carbocycles. The molecule has 1 heterocycles. The fourth-order valence-electron chi connectivity index (χ4n) is 0.677. The van der Waals surface area contributed by atoms with Gasteiger partial charge >= 0.3 is 0 Å². The van der Waals surface area contributed by atoms with Gasteiger partial charge in [-0.2, -0.15) is 4.39 Å². The van der Waals surface area contributed by atoms with E-state index in [1.165, 1.54) is 0 Å². The highest BCUT2D eigenvalue weighted by Crippen LogP contribution is 2.20. The number of carbonyl (C=O) groups is 1. The minimum absolute atomic E-state index is 0.123. The van der Waals surface area contributed by atoms with E-state index in [0.29, 0.717) is 0 Å². The molecule has 1 rings (SSSR count). The Balaban J connectivity index is 3.38. The number of pyridine rings is 1. The minimum Gasteiger partial charge on any atom is -0.365 e. The van der Waals surface area contributed by atoms with Crippen LogP contribution in [0, 0.1) is 5.95 Å². The smallest absolute Gasteiger partial charge is 0.254 e.